The summed E-state index contributed by atoms with van der Waals surface area (Å²) in [6.45, 7) is 10.7. The van der Waals surface area contributed by atoms with Crippen LogP contribution in [0, 0.1) is 6.92 Å². The molecule has 0 bridgehead atoms. The maximum Gasteiger partial charge on any atom is 0.140 e. The molecule has 0 saturated heterocycles. The van der Waals surface area contributed by atoms with E-state index in [1.165, 1.54) is 19.3 Å². The minimum Gasteiger partial charge on any atom is -0.340 e. The Hall–Kier alpha value is -3.17. The second-order valence-electron chi connectivity index (χ2n) is 7.68. The quantitative estimate of drug-likeness (QED) is 0.324. The van der Waals surface area contributed by atoms with Gasteiger partial charge < -0.3 is 5.32 Å². The molecule has 3 nitrogen and oxygen atoms in total. The number of hydrogen-bond donors (Lipinski definition) is 1. The molecule has 0 aliphatic rings. The molecule has 0 amide bonds. The van der Waals surface area contributed by atoms with E-state index in [2.05, 4.69) is 43.7 Å². The Morgan fingerprint density at radius 2 is 1.69 bits per heavy atom. The Bertz CT molecular complexity index is 1200. The van der Waals surface area contributed by atoms with E-state index in [9.17, 15) is 0 Å². The first-order valence-electron chi connectivity index (χ1n) is 11.1. The molecule has 164 valence electrons. The van der Waals surface area contributed by atoms with Crippen LogP contribution in [0.25, 0.3) is 27.9 Å². The van der Waals surface area contributed by atoms with E-state index in [0.29, 0.717) is 10.8 Å². The average Bonchev–Trinajstić information content (AvgIpc) is 2.80. The van der Waals surface area contributed by atoms with Crippen LogP contribution in [-0.4, -0.2) is 9.97 Å². The smallest absolute Gasteiger partial charge is 0.140 e. The summed E-state index contributed by atoms with van der Waals surface area (Å²) in [5.74, 6) is 0.712. The average molecular weight is 444 g/mol. The van der Waals surface area contributed by atoms with E-state index in [4.69, 9.17) is 16.6 Å². The zero-order chi connectivity index (χ0) is 22.9. The van der Waals surface area contributed by atoms with E-state index in [1.54, 1.807) is 6.20 Å². The van der Waals surface area contributed by atoms with Gasteiger partial charge in [0.25, 0.3) is 0 Å². The van der Waals surface area contributed by atoms with Crippen LogP contribution in [0.2, 0.25) is 5.02 Å². The molecular weight excluding hydrogens is 414 g/mol. The number of unbranched alkanes of at least 4 members (excludes halogenated alkanes) is 2. The number of fused-ring (bicyclic) bond motifs is 1. The molecule has 0 saturated carbocycles. The lowest BCUT2D eigenvalue weighted by atomic mass is 10.1. The number of aryl methyl sites for hydroxylation is 1. The first-order valence-corrected chi connectivity index (χ1v) is 11.5. The van der Waals surface area contributed by atoms with Gasteiger partial charge in [-0.15, -0.1) is 0 Å². The van der Waals surface area contributed by atoms with Gasteiger partial charge in [0.15, 0.2) is 0 Å². The van der Waals surface area contributed by atoms with Crippen molar-refractivity contribution < 1.29 is 0 Å². The van der Waals surface area contributed by atoms with Gasteiger partial charge in [0.2, 0.25) is 0 Å². The van der Waals surface area contributed by atoms with Crippen molar-refractivity contribution in [2.24, 2.45) is 0 Å². The summed E-state index contributed by atoms with van der Waals surface area (Å²) in [7, 11) is 0. The summed E-state index contributed by atoms with van der Waals surface area (Å²) in [5.41, 5.74) is 5.49. The molecule has 4 heteroatoms. The Balaban J connectivity index is 0.000000523. The Morgan fingerprint density at radius 3 is 2.38 bits per heavy atom. The fourth-order valence-electron chi connectivity index (χ4n) is 3.45. The highest BCUT2D eigenvalue weighted by atomic mass is 35.5. The van der Waals surface area contributed by atoms with Crippen molar-refractivity contribution in [3.8, 4) is 11.3 Å². The van der Waals surface area contributed by atoms with Crippen molar-refractivity contribution in [1.82, 2.24) is 9.97 Å². The Labute approximate surface area is 196 Å². The van der Waals surface area contributed by atoms with E-state index in [-0.39, 0.29) is 0 Å². The van der Waals surface area contributed by atoms with Gasteiger partial charge in [0.05, 0.1) is 11.2 Å². The molecule has 0 aliphatic carbocycles. The third-order valence-corrected chi connectivity index (χ3v) is 5.53. The molecule has 0 atom stereocenters. The van der Waals surface area contributed by atoms with Gasteiger partial charge in [-0.2, -0.15) is 0 Å². The number of anilines is 1. The highest BCUT2D eigenvalue weighted by Gasteiger charge is 2.12. The van der Waals surface area contributed by atoms with Crippen molar-refractivity contribution >= 4 is 34.0 Å². The lowest BCUT2D eigenvalue weighted by Crippen LogP contribution is -2.03. The molecule has 0 aliphatic heterocycles. The monoisotopic (exact) mass is 443 g/mol. The normalized spacial score (nSPS) is 10.4. The summed E-state index contributed by atoms with van der Waals surface area (Å²) < 4.78 is 0. The summed E-state index contributed by atoms with van der Waals surface area (Å²) in [5, 5.41) is 4.97. The molecule has 32 heavy (non-hydrogen) atoms. The molecule has 4 rings (SSSR count). The maximum absolute atomic E-state index is 6.39. The molecule has 0 unspecified atom stereocenters. The number of benzene rings is 2. The van der Waals surface area contributed by atoms with Crippen LogP contribution in [0.1, 0.15) is 44.2 Å². The first kappa shape index (κ1) is 23.5. The molecule has 1 N–H and O–H groups in total. The van der Waals surface area contributed by atoms with Crippen LogP contribution < -0.4 is 5.32 Å². The largest absolute Gasteiger partial charge is 0.340 e. The fraction of sp³-hybridized carbons (Fsp3) is 0.214. The van der Waals surface area contributed by atoms with Crippen molar-refractivity contribution in [3.63, 3.8) is 0 Å². The van der Waals surface area contributed by atoms with Crippen LogP contribution in [0.4, 0.5) is 5.82 Å². The zero-order valence-electron chi connectivity index (χ0n) is 19.0. The highest BCUT2D eigenvalue weighted by molar-refractivity contribution is 6.33. The van der Waals surface area contributed by atoms with Crippen molar-refractivity contribution in [1.29, 1.82) is 0 Å². The van der Waals surface area contributed by atoms with Gasteiger partial charge in [0, 0.05) is 33.4 Å². The highest BCUT2D eigenvalue weighted by Crippen LogP contribution is 2.32. The lowest BCUT2D eigenvalue weighted by Gasteiger charge is -2.15. The fourth-order valence-corrected chi connectivity index (χ4v) is 3.69. The molecule has 0 spiro atoms. The van der Waals surface area contributed by atoms with Crippen molar-refractivity contribution in [2.75, 3.05) is 5.32 Å². The molecule has 0 fully saturated rings. The summed E-state index contributed by atoms with van der Waals surface area (Å²) >= 11 is 6.39. The Morgan fingerprint density at radius 1 is 0.969 bits per heavy atom. The van der Waals surface area contributed by atoms with Crippen molar-refractivity contribution in [3.05, 3.63) is 95.7 Å². The molecule has 4 aromatic rings. The minimum atomic E-state index is 0.656. The molecule has 2 aromatic heterocycles. The number of aromatic nitrogens is 2. The second-order valence-corrected chi connectivity index (χ2v) is 8.09. The third kappa shape index (κ3) is 5.74. The molecule has 2 aromatic carbocycles. The number of nitrogens with one attached hydrogen (secondary N) is 1. The zero-order valence-corrected chi connectivity index (χ0v) is 19.8. The van der Waals surface area contributed by atoms with Crippen LogP contribution in [0.15, 0.2) is 79.5 Å². The lowest BCUT2D eigenvalue weighted by molar-refractivity contribution is 0.772. The number of nitrogens with zero attached hydrogens (tertiary/aromatic N) is 2. The van der Waals surface area contributed by atoms with E-state index in [1.807, 2.05) is 60.7 Å². The first-order chi connectivity index (χ1) is 15.5. The van der Waals surface area contributed by atoms with Crippen LogP contribution in [0.3, 0.4) is 0 Å². The van der Waals surface area contributed by atoms with Gasteiger partial charge in [-0.1, -0.05) is 93.8 Å². The minimum absolute atomic E-state index is 0.656. The maximum atomic E-state index is 6.39. The van der Waals surface area contributed by atoms with Gasteiger partial charge in [-0.25, -0.2) is 4.98 Å². The summed E-state index contributed by atoms with van der Waals surface area (Å²) in [6.07, 6.45) is 5.85. The number of hydrogen-bond acceptors (Lipinski definition) is 3. The van der Waals surface area contributed by atoms with Gasteiger partial charge in [-0.3, -0.25) is 4.98 Å². The van der Waals surface area contributed by atoms with Crippen molar-refractivity contribution in [2.45, 2.75) is 40.0 Å². The molecule has 2 heterocycles. The summed E-state index contributed by atoms with van der Waals surface area (Å²) in [6, 6.07) is 21.7. The predicted octanol–water partition coefficient (Wildman–Crippen LogP) is 8.54. The summed E-state index contributed by atoms with van der Waals surface area (Å²) in [4.78, 5) is 9.33. The number of pyridine rings is 2. The van der Waals surface area contributed by atoms with E-state index in [0.717, 1.165) is 39.0 Å². The van der Waals surface area contributed by atoms with Crippen LogP contribution in [-0.2, 0) is 0 Å². The van der Waals surface area contributed by atoms with E-state index >= 15 is 0 Å². The second kappa shape index (κ2) is 11.4. The van der Waals surface area contributed by atoms with Crippen LogP contribution in [0.5, 0.6) is 0 Å². The predicted molar refractivity (Wildman–Crippen MR) is 139 cm³/mol. The third-order valence-electron chi connectivity index (χ3n) is 5.20. The number of rotatable bonds is 6. The van der Waals surface area contributed by atoms with Gasteiger partial charge >= 0.3 is 0 Å². The van der Waals surface area contributed by atoms with E-state index < -0.39 is 0 Å². The molecule has 0 radical (unpaired) electrons. The molecular formula is C28H30ClN3. The Kier molecular flexibility index (Phi) is 8.41. The van der Waals surface area contributed by atoms with Gasteiger partial charge in [-0.05, 0) is 36.8 Å². The number of halogens is 1. The SMILES string of the molecule is C=C(Nc1nc(-c2ccccc2Cl)cc2ncccc12)c1ccccc1C.CCCCC. The standard InChI is InChI=1S/C23H18ClN3.C5H12/c1-15-8-3-4-9-17(15)16(2)26-23-19-11-7-13-25-21(19)14-22(27-23)18-10-5-6-12-20(18)24;1-3-5-4-2/h3-14H,2H2,1H3,(H,26,27);3-5H2,1-2H3. The topological polar surface area (TPSA) is 37.8 Å². The van der Waals surface area contributed by atoms with Gasteiger partial charge in [0.1, 0.15) is 5.82 Å². The van der Waals surface area contributed by atoms with Crippen LogP contribution >= 0.6 is 11.6 Å².